The second-order valence-corrected chi connectivity index (χ2v) is 4.17. The smallest absolute Gasteiger partial charge is 0.312 e. The number of phosphoric ester groups is 1. The zero-order valence-electron chi connectivity index (χ0n) is 6.77. The molecule has 1 aliphatic rings. The molecule has 1 aliphatic heterocycles. The maximum atomic E-state index is 10.3. The minimum Gasteiger partial charge on any atom is -0.312 e. The molecule has 0 aromatic carbocycles. The fourth-order valence-electron chi connectivity index (χ4n) is 1.25. The molecule has 72 valence electrons. The number of rotatable bonds is 3. The molecule has 12 heavy (non-hydrogen) atoms. The van der Waals surface area contributed by atoms with Crippen molar-refractivity contribution in [2.75, 3.05) is 13.2 Å². The van der Waals surface area contributed by atoms with Gasteiger partial charge in [-0.25, -0.2) is 4.57 Å². The van der Waals surface area contributed by atoms with E-state index in [1.165, 1.54) is 0 Å². The summed E-state index contributed by atoms with van der Waals surface area (Å²) in [6.45, 7) is 1.01. The number of hydrogen-bond acceptors (Lipinski definition) is 3. The fourth-order valence-corrected chi connectivity index (χ4v) is 1.63. The van der Waals surface area contributed by atoms with Crippen molar-refractivity contribution in [1.82, 2.24) is 5.32 Å². The van der Waals surface area contributed by atoms with Gasteiger partial charge in [0, 0.05) is 6.04 Å². The Balaban J connectivity index is 2.17. The zero-order chi connectivity index (χ0) is 9.03. The van der Waals surface area contributed by atoms with Gasteiger partial charge in [0.05, 0.1) is 6.61 Å². The van der Waals surface area contributed by atoms with E-state index < -0.39 is 7.82 Å². The van der Waals surface area contributed by atoms with Gasteiger partial charge in [0.15, 0.2) is 0 Å². The van der Waals surface area contributed by atoms with Crippen molar-refractivity contribution in [2.45, 2.75) is 25.3 Å². The summed E-state index contributed by atoms with van der Waals surface area (Å²) in [7, 11) is -4.27. The van der Waals surface area contributed by atoms with Gasteiger partial charge in [-0.15, -0.1) is 0 Å². The molecule has 1 rings (SSSR count). The lowest BCUT2D eigenvalue weighted by Gasteiger charge is -2.22. The molecule has 0 amide bonds. The molecule has 1 atom stereocenters. The molecule has 3 N–H and O–H groups in total. The van der Waals surface area contributed by atoms with E-state index in [0.29, 0.717) is 0 Å². The summed E-state index contributed by atoms with van der Waals surface area (Å²) in [4.78, 5) is 16.8. The van der Waals surface area contributed by atoms with Crippen molar-refractivity contribution in [1.29, 1.82) is 0 Å². The maximum Gasteiger partial charge on any atom is 0.469 e. The van der Waals surface area contributed by atoms with Crippen LogP contribution in [-0.4, -0.2) is 29.0 Å². The van der Waals surface area contributed by atoms with Crippen molar-refractivity contribution < 1.29 is 18.9 Å². The average molecular weight is 195 g/mol. The van der Waals surface area contributed by atoms with Gasteiger partial charge in [-0.1, -0.05) is 6.42 Å². The normalized spacial score (nSPS) is 25.7. The van der Waals surface area contributed by atoms with Crippen LogP contribution in [0.15, 0.2) is 0 Å². The first-order valence-electron chi connectivity index (χ1n) is 4.01. The Morgan fingerprint density at radius 3 is 2.75 bits per heavy atom. The molecule has 0 spiro atoms. The van der Waals surface area contributed by atoms with E-state index in [1.54, 1.807) is 0 Å². The van der Waals surface area contributed by atoms with E-state index in [4.69, 9.17) is 9.79 Å². The van der Waals surface area contributed by atoms with Gasteiger partial charge < -0.3 is 15.1 Å². The number of nitrogens with one attached hydrogen (secondary N) is 1. The molecule has 1 heterocycles. The largest absolute Gasteiger partial charge is 0.469 e. The minimum absolute atomic E-state index is 0.101. The second-order valence-electron chi connectivity index (χ2n) is 2.93. The van der Waals surface area contributed by atoms with E-state index in [9.17, 15) is 4.57 Å². The first-order chi connectivity index (χ1) is 5.58. The standard InChI is InChI=1S/C6H14NO4P/c8-12(9,10)11-5-6-3-1-2-4-7-6/h6-7H,1-5H2,(H2,8,9,10). The summed E-state index contributed by atoms with van der Waals surface area (Å²) in [5.41, 5.74) is 0. The molecule has 0 saturated carbocycles. The fraction of sp³-hybridized carbons (Fsp3) is 1.00. The molecule has 0 aliphatic carbocycles. The third-order valence-electron chi connectivity index (χ3n) is 1.86. The molecule has 0 aromatic rings. The molecular weight excluding hydrogens is 181 g/mol. The van der Waals surface area contributed by atoms with Gasteiger partial charge in [-0.2, -0.15) is 0 Å². The summed E-state index contributed by atoms with van der Waals surface area (Å²) < 4.78 is 14.7. The predicted molar refractivity (Wildman–Crippen MR) is 43.6 cm³/mol. The van der Waals surface area contributed by atoms with Crippen LogP contribution in [0.5, 0.6) is 0 Å². The van der Waals surface area contributed by atoms with Crippen LogP contribution in [0.4, 0.5) is 0 Å². The number of phosphoric acid groups is 1. The lowest BCUT2D eigenvalue weighted by atomic mass is 10.1. The van der Waals surface area contributed by atoms with E-state index in [0.717, 1.165) is 25.8 Å². The summed E-state index contributed by atoms with van der Waals surface area (Å²) >= 11 is 0. The second kappa shape index (κ2) is 4.35. The third-order valence-corrected chi connectivity index (χ3v) is 2.34. The Morgan fingerprint density at radius 2 is 2.25 bits per heavy atom. The van der Waals surface area contributed by atoms with Crippen molar-refractivity contribution in [3.8, 4) is 0 Å². The minimum atomic E-state index is -4.27. The monoisotopic (exact) mass is 195 g/mol. The van der Waals surface area contributed by atoms with Crippen molar-refractivity contribution in [2.24, 2.45) is 0 Å². The van der Waals surface area contributed by atoms with Gasteiger partial charge in [0.2, 0.25) is 0 Å². The Morgan fingerprint density at radius 1 is 1.50 bits per heavy atom. The number of piperidine rings is 1. The van der Waals surface area contributed by atoms with Crippen LogP contribution in [0.3, 0.4) is 0 Å². The van der Waals surface area contributed by atoms with Crippen LogP contribution in [0, 0.1) is 0 Å². The molecule has 1 unspecified atom stereocenters. The first kappa shape index (κ1) is 10.2. The highest BCUT2D eigenvalue weighted by molar-refractivity contribution is 7.46. The van der Waals surface area contributed by atoms with Crippen molar-refractivity contribution in [3.05, 3.63) is 0 Å². The van der Waals surface area contributed by atoms with E-state index >= 15 is 0 Å². The van der Waals surface area contributed by atoms with E-state index in [1.807, 2.05) is 0 Å². The van der Waals surface area contributed by atoms with E-state index in [-0.39, 0.29) is 12.6 Å². The molecule has 0 bridgehead atoms. The van der Waals surface area contributed by atoms with Crippen LogP contribution >= 0.6 is 7.82 Å². The maximum absolute atomic E-state index is 10.3. The quantitative estimate of drug-likeness (QED) is 0.562. The molecule has 0 aromatic heterocycles. The number of hydrogen-bond donors (Lipinski definition) is 3. The van der Waals surface area contributed by atoms with Gasteiger partial charge in [0.25, 0.3) is 0 Å². The molecule has 5 nitrogen and oxygen atoms in total. The summed E-state index contributed by atoms with van der Waals surface area (Å²) in [5, 5.41) is 3.12. The molecular formula is C6H14NO4P. The highest BCUT2D eigenvalue weighted by Gasteiger charge is 2.19. The van der Waals surface area contributed by atoms with Gasteiger partial charge in [-0.3, -0.25) is 4.52 Å². The Bertz CT molecular complexity index is 174. The molecule has 0 radical (unpaired) electrons. The summed E-state index contributed by atoms with van der Waals surface area (Å²) in [6, 6.07) is 0.103. The zero-order valence-corrected chi connectivity index (χ0v) is 7.67. The molecule has 1 fully saturated rings. The average Bonchev–Trinajstić information content (AvgIpc) is 2.02. The third kappa shape index (κ3) is 4.18. The van der Waals surface area contributed by atoms with Gasteiger partial charge in [0.1, 0.15) is 0 Å². The first-order valence-corrected chi connectivity index (χ1v) is 5.54. The van der Waals surface area contributed by atoms with E-state index in [2.05, 4.69) is 9.84 Å². The van der Waals surface area contributed by atoms with Crippen LogP contribution in [0.25, 0.3) is 0 Å². The van der Waals surface area contributed by atoms with Crippen molar-refractivity contribution in [3.63, 3.8) is 0 Å². The molecule has 1 saturated heterocycles. The van der Waals surface area contributed by atoms with Gasteiger partial charge >= 0.3 is 7.82 Å². The van der Waals surface area contributed by atoms with Crippen LogP contribution in [0.1, 0.15) is 19.3 Å². The van der Waals surface area contributed by atoms with Crippen molar-refractivity contribution >= 4 is 7.82 Å². The lowest BCUT2D eigenvalue weighted by Crippen LogP contribution is -2.37. The highest BCUT2D eigenvalue weighted by Crippen LogP contribution is 2.35. The topological polar surface area (TPSA) is 78.8 Å². The Labute approximate surface area is 71.4 Å². The summed E-state index contributed by atoms with van der Waals surface area (Å²) in [5.74, 6) is 0. The Kier molecular flexibility index (Phi) is 3.68. The Hall–Kier alpha value is 0.0700. The highest BCUT2D eigenvalue weighted by atomic mass is 31.2. The SMILES string of the molecule is O=P(O)(O)OCC1CCCCN1. The van der Waals surface area contributed by atoms with Crippen LogP contribution in [0.2, 0.25) is 0 Å². The molecule has 6 heteroatoms. The summed E-state index contributed by atoms with van der Waals surface area (Å²) in [6.07, 6.45) is 3.16. The van der Waals surface area contributed by atoms with Crippen LogP contribution in [-0.2, 0) is 9.09 Å². The van der Waals surface area contributed by atoms with Crippen LogP contribution < -0.4 is 5.32 Å². The lowest BCUT2D eigenvalue weighted by molar-refractivity contribution is 0.167. The van der Waals surface area contributed by atoms with Gasteiger partial charge in [-0.05, 0) is 19.4 Å². The predicted octanol–water partition coefficient (Wildman–Crippen LogP) is 0.238.